The van der Waals surface area contributed by atoms with Crippen molar-refractivity contribution in [2.75, 3.05) is 11.4 Å². The lowest BCUT2D eigenvalue weighted by Crippen LogP contribution is -2.27. The highest BCUT2D eigenvalue weighted by Gasteiger charge is 2.46. The molecular formula is C69H59N2+. The summed E-state index contributed by atoms with van der Waals surface area (Å²) in [6.45, 7) is 12.6. The molecule has 0 radical (unpaired) electrons. The topological polar surface area (TPSA) is 6.25 Å². The molecule has 344 valence electrons. The van der Waals surface area contributed by atoms with Gasteiger partial charge in [0.05, 0.1) is 11.3 Å². The Kier molecular flexibility index (Phi) is 19.9. The van der Waals surface area contributed by atoms with E-state index in [1.807, 2.05) is 0 Å². The van der Waals surface area contributed by atoms with Gasteiger partial charge in [0.1, 0.15) is 0 Å². The first-order chi connectivity index (χ1) is 34.8. The number of anilines is 1. The first-order valence-corrected chi connectivity index (χ1v) is 24.8. The Bertz CT molecular complexity index is 3490. The minimum absolute atomic E-state index is 0.163. The van der Waals surface area contributed by atoms with Gasteiger partial charge in [-0.3, -0.25) is 0 Å². The van der Waals surface area contributed by atoms with E-state index in [4.69, 9.17) is 6.42 Å². The van der Waals surface area contributed by atoms with E-state index in [1.165, 1.54) is 121 Å². The molecule has 71 heavy (non-hydrogen) atoms. The summed E-state index contributed by atoms with van der Waals surface area (Å²) < 4.78 is 2.07. The predicted molar refractivity (Wildman–Crippen MR) is 300 cm³/mol. The maximum atomic E-state index is 5.02. The minimum Gasteiger partial charge on any atom is -0.344 e. The van der Waals surface area contributed by atoms with Crippen LogP contribution in [0.2, 0.25) is 0 Å². The number of nitrogens with zero attached hydrogens (tertiary/aromatic N) is 2. The quantitative estimate of drug-likeness (QED) is 0.0470. The summed E-state index contributed by atoms with van der Waals surface area (Å²) in [5.74, 6) is 52.0. The first-order valence-electron chi connectivity index (χ1n) is 24.8. The van der Waals surface area contributed by atoms with Crippen molar-refractivity contribution in [3.05, 3.63) is 120 Å². The molecule has 6 rings (SSSR count). The Labute approximate surface area is 426 Å². The molecule has 0 amide bonds. The fraction of sp³-hybridized carbons (Fsp3) is 0.290. The van der Waals surface area contributed by atoms with Gasteiger partial charge in [0.15, 0.2) is 0 Å². The fourth-order valence-corrected chi connectivity index (χ4v) is 9.44. The molecular weight excluding hydrogens is 857 g/mol. The van der Waals surface area contributed by atoms with Crippen LogP contribution >= 0.6 is 0 Å². The van der Waals surface area contributed by atoms with E-state index in [0.717, 1.165) is 17.9 Å². The molecule has 4 aromatic rings. The summed E-state index contributed by atoms with van der Waals surface area (Å²) >= 11 is 0. The molecule has 0 aromatic heterocycles. The zero-order chi connectivity index (χ0) is 50.0. The van der Waals surface area contributed by atoms with Gasteiger partial charge in [0, 0.05) is 106 Å². The highest BCUT2D eigenvalue weighted by Crippen LogP contribution is 2.51. The lowest BCUT2D eigenvalue weighted by Gasteiger charge is -2.27. The van der Waals surface area contributed by atoms with Crippen LogP contribution in [-0.4, -0.2) is 16.8 Å². The molecule has 0 spiro atoms. The largest absolute Gasteiger partial charge is 0.344 e. The average molecular weight is 916 g/mol. The van der Waals surface area contributed by atoms with Gasteiger partial charge in [-0.1, -0.05) is 164 Å². The molecule has 0 saturated carbocycles. The number of hydrogen-bond donors (Lipinski definition) is 0. The normalized spacial score (nSPS) is 13.4. The molecule has 2 nitrogen and oxygen atoms in total. The number of rotatable bonds is 16. The molecule has 0 N–H and O–H groups in total. The van der Waals surface area contributed by atoms with Gasteiger partial charge in [-0.05, 0) is 113 Å². The second-order valence-electron chi connectivity index (χ2n) is 18.3. The van der Waals surface area contributed by atoms with Crippen molar-refractivity contribution < 1.29 is 4.58 Å². The summed E-state index contributed by atoms with van der Waals surface area (Å²) in [6.07, 6.45) is 32.2. The van der Waals surface area contributed by atoms with Gasteiger partial charge in [-0.2, -0.15) is 0 Å². The standard InChI is InChI=1S/C69H59N2/c1-7-9-11-13-15-17-19-21-22-23-24-25-26-27-28-30-32-34-36-45-57-71-63-55-53-59-47-41-43-49-61(59)67(63)69(5,6)65(71)51-39-37-38-50-64-68(3,4)66-60-48-42-40-46-58(60)52-54-62(66)70(64)56-44-35-33-31-29-20-18-16-14-12-10-8-2/h1,37-43,46-55H,8,10,12,14,16,18,20,29,31,33,35,44,56H2,2-6H3/q+1. The summed E-state index contributed by atoms with van der Waals surface area (Å²) in [7, 11) is 0. The highest BCUT2D eigenvalue weighted by atomic mass is 15.2. The third-order valence-electron chi connectivity index (χ3n) is 12.7. The van der Waals surface area contributed by atoms with Gasteiger partial charge in [-0.15, -0.1) is 11.0 Å². The maximum Gasteiger partial charge on any atom is 0.243 e. The van der Waals surface area contributed by atoms with Crippen LogP contribution in [0, 0.1) is 131 Å². The van der Waals surface area contributed by atoms with Crippen LogP contribution in [0.1, 0.15) is 123 Å². The van der Waals surface area contributed by atoms with Crippen molar-refractivity contribution in [3.63, 3.8) is 0 Å². The molecule has 2 heterocycles. The van der Waals surface area contributed by atoms with E-state index in [2.05, 4.69) is 272 Å². The summed E-state index contributed by atoms with van der Waals surface area (Å²) in [4.78, 5) is 2.60. The highest BCUT2D eigenvalue weighted by molar-refractivity contribution is 6.08. The number of unbranched alkanes of at least 4 members (excludes halogenated alkanes) is 11. The van der Waals surface area contributed by atoms with Gasteiger partial charge in [-0.25, -0.2) is 0 Å². The van der Waals surface area contributed by atoms with E-state index in [0.29, 0.717) is 0 Å². The molecule has 0 fully saturated rings. The maximum absolute atomic E-state index is 5.02. The Morgan fingerprint density at radius 1 is 0.479 bits per heavy atom. The lowest BCUT2D eigenvalue weighted by atomic mass is 9.79. The van der Waals surface area contributed by atoms with Crippen LogP contribution in [0.4, 0.5) is 11.4 Å². The molecule has 4 aromatic carbocycles. The number of hydrogen-bond acceptors (Lipinski definition) is 1. The lowest BCUT2D eigenvalue weighted by molar-refractivity contribution is -0.332. The summed E-state index contributed by atoms with van der Waals surface area (Å²) in [5, 5.41) is 5.04. The Morgan fingerprint density at radius 3 is 1.48 bits per heavy atom. The summed E-state index contributed by atoms with van der Waals surface area (Å²) in [5.41, 5.74) is 6.95. The zero-order valence-corrected chi connectivity index (χ0v) is 42.0. The van der Waals surface area contributed by atoms with Crippen molar-refractivity contribution >= 4 is 38.6 Å². The van der Waals surface area contributed by atoms with E-state index < -0.39 is 0 Å². The second kappa shape index (κ2) is 27.3. The molecule has 0 aliphatic carbocycles. The first kappa shape index (κ1) is 51.6. The second-order valence-corrected chi connectivity index (χ2v) is 18.3. The zero-order valence-electron chi connectivity index (χ0n) is 42.0. The number of allylic oxidation sites excluding steroid dienone is 6. The van der Waals surface area contributed by atoms with E-state index in [1.54, 1.807) is 0 Å². The number of terminal acetylenes is 1. The van der Waals surface area contributed by atoms with Crippen LogP contribution in [0.25, 0.3) is 21.5 Å². The molecule has 2 aliphatic rings. The van der Waals surface area contributed by atoms with Crippen molar-refractivity contribution in [2.24, 2.45) is 0 Å². The number of benzene rings is 4. The predicted octanol–water partition coefficient (Wildman–Crippen LogP) is 13.5. The molecule has 0 unspecified atom stereocenters. The summed E-state index contributed by atoms with van der Waals surface area (Å²) in [6, 6.07) is 29.7. The van der Waals surface area contributed by atoms with Crippen molar-refractivity contribution in [3.8, 4) is 131 Å². The molecule has 0 atom stereocenters. The van der Waals surface area contributed by atoms with Crippen molar-refractivity contribution in [1.29, 1.82) is 0 Å². The SMILES string of the molecule is C#CC#CC#CC#CC#CC#CC#CC#CC#CC#CC#C[N+]1=C(/C=C/C=C/C=C2/N(CCCCCCCCCCCCCC)c3ccc4ccccc4c3C2(C)C)C(C)(C)c2c1ccc1ccccc21. The molecule has 0 saturated heterocycles. The van der Waals surface area contributed by atoms with E-state index >= 15 is 0 Å². The van der Waals surface area contributed by atoms with Gasteiger partial charge in [0.2, 0.25) is 17.4 Å². The minimum atomic E-state index is -0.336. The van der Waals surface area contributed by atoms with Gasteiger partial charge >= 0.3 is 0 Å². The van der Waals surface area contributed by atoms with E-state index in [-0.39, 0.29) is 10.8 Å². The van der Waals surface area contributed by atoms with Crippen molar-refractivity contribution in [2.45, 2.75) is 122 Å². The smallest absolute Gasteiger partial charge is 0.243 e. The average Bonchev–Trinajstić information content (AvgIpc) is 3.73. The third-order valence-corrected chi connectivity index (χ3v) is 12.7. The molecule has 0 bridgehead atoms. The monoisotopic (exact) mass is 915 g/mol. The Morgan fingerprint density at radius 2 is 0.944 bits per heavy atom. The fourth-order valence-electron chi connectivity index (χ4n) is 9.44. The van der Waals surface area contributed by atoms with Crippen LogP contribution in [0.15, 0.2) is 109 Å². The molecule has 2 aliphatic heterocycles. The van der Waals surface area contributed by atoms with Crippen LogP contribution in [0.5, 0.6) is 0 Å². The van der Waals surface area contributed by atoms with Crippen LogP contribution < -0.4 is 4.90 Å². The van der Waals surface area contributed by atoms with Gasteiger partial charge in [0.25, 0.3) is 0 Å². The Balaban J connectivity index is 1.18. The Hall–Kier alpha value is -8.75. The van der Waals surface area contributed by atoms with Crippen LogP contribution in [0.3, 0.4) is 0 Å². The van der Waals surface area contributed by atoms with Crippen molar-refractivity contribution in [1.82, 2.24) is 0 Å². The molecule has 2 heteroatoms. The van der Waals surface area contributed by atoms with Gasteiger partial charge < -0.3 is 4.90 Å². The third kappa shape index (κ3) is 14.2. The van der Waals surface area contributed by atoms with E-state index in [9.17, 15) is 0 Å². The van der Waals surface area contributed by atoms with Crippen LogP contribution in [-0.2, 0) is 10.8 Å². The number of fused-ring (bicyclic) bond motifs is 6.